The molecule has 1 aromatic heterocycles. The predicted molar refractivity (Wildman–Crippen MR) is 69.1 cm³/mol. The van der Waals surface area contributed by atoms with Crippen LogP contribution in [0.1, 0.15) is 23.5 Å². The van der Waals surface area contributed by atoms with E-state index in [0.717, 1.165) is 10.5 Å². The molecule has 0 saturated heterocycles. The standard InChI is InChI=1S/C11H15BN2S/c1-7(14(3)12)9-4-5-10-11(6-9)15-8(2)13-10/h4-7H,12H2,1-3H3. The number of aryl methyl sites for hydroxylation is 1. The highest BCUT2D eigenvalue weighted by Gasteiger charge is 2.09. The van der Waals surface area contributed by atoms with Crippen LogP contribution in [-0.2, 0) is 0 Å². The van der Waals surface area contributed by atoms with Gasteiger partial charge in [-0.2, -0.15) is 0 Å². The van der Waals surface area contributed by atoms with Crippen molar-refractivity contribution >= 4 is 29.5 Å². The van der Waals surface area contributed by atoms with E-state index in [4.69, 9.17) is 0 Å². The summed E-state index contributed by atoms with van der Waals surface area (Å²) >= 11 is 1.77. The summed E-state index contributed by atoms with van der Waals surface area (Å²) in [6.07, 6.45) is 0. The third kappa shape index (κ3) is 2.06. The average Bonchev–Trinajstić information content (AvgIpc) is 2.55. The molecule has 0 saturated carbocycles. The van der Waals surface area contributed by atoms with E-state index in [2.05, 4.69) is 56.9 Å². The van der Waals surface area contributed by atoms with Crippen LogP contribution in [0.15, 0.2) is 18.2 Å². The first-order chi connectivity index (χ1) is 7.08. The molecule has 0 aliphatic carbocycles. The fourth-order valence-corrected chi connectivity index (χ4v) is 2.49. The molecule has 0 amide bonds. The highest BCUT2D eigenvalue weighted by molar-refractivity contribution is 7.18. The van der Waals surface area contributed by atoms with Crippen LogP contribution >= 0.6 is 11.3 Å². The molecule has 0 bridgehead atoms. The monoisotopic (exact) mass is 218 g/mol. The van der Waals surface area contributed by atoms with Crippen molar-refractivity contribution in [3.8, 4) is 0 Å². The first-order valence-corrected chi connectivity index (χ1v) is 5.93. The summed E-state index contributed by atoms with van der Waals surface area (Å²) in [5.74, 6) is 0. The van der Waals surface area contributed by atoms with Crippen molar-refractivity contribution in [3.63, 3.8) is 0 Å². The van der Waals surface area contributed by atoms with Crippen LogP contribution in [0.5, 0.6) is 0 Å². The van der Waals surface area contributed by atoms with Crippen LogP contribution in [0, 0.1) is 6.92 Å². The van der Waals surface area contributed by atoms with Crippen LogP contribution in [0.4, 0.5) is 0 Å². The third-order valence-electron chi connectivity index (χ3n) is 2.78. The number of fused-ring (bicyclic) bond motifs is 1. The zero-order chi connectivity index (χ0) is 11.0. The average molecular weight is 218 g/mol. The second-order valence-electron chi connectivity index (χ2n) is 4.10. The van der Waals surface area contributed by atoms with Gasteiger partial charge in [0.05, 0.1) is 15.2 Å². The van der Waals surface area contributed by atoms with E-state index in [0.29, 0.717) is 6.04 Å². The Balaban J connectivity index is 2.46. The fraction of sp³-hybridized carbons (Fsp3) is 0.364. The van der Waals surface area contributed by atoms with E-state index in [1.54, 1.807) is 11.3 Å². The largest absolute Gasteiger partial charge is 0.346 e. The molecule has 0 radical (unpaired) electrons. The second-order valence-corrected chi connectivity index (χ2v) is 5.33. The van der Waals surface area contributed by atoms with E-state index in [-0.39, 0.29) is 0 Å². The normalized spacial score (nSPS) is 13.6. The summed E-state index contributed by atoms with van der Waals surface area (Å²) in [6.45, 7) is 4.27. The van der Waals surface area contributed by atoms with E-state index >= 15 is 0 Å². The fourth-order valence-electron chi connectivity index (χ4n) is 1.61. The number of thiazole rings is 1. The topological polar surface area (TPSA) is 16.1 Å². The second kappa shape index (κ2) is 3.95. The van der Waals surface area contributed by atoms with Gasteiger partial charge in [0.25, 0.3) is 0 Å². The van der Waals surface area contributed by atoms with E-state index in [1.165, 1.54) is 10.3 Å². The maximum Gasteiger partial charge on any atom is 0.185 e. The molecule has 2 nitrogen and oxygen atoms in total. The molecule has 15 heavy (non-hydrogen) atoms. The lowest BCUT2D eigenvalue weighted by Gasteiger charge is -2.20. The van der Waals surface area contributed by atoms with Crippen LogP contribution in [0.3, 0.4) is 0 Å². The van der Waals surface area contributed by atoms with Gasteiger partial charge in [-0.05, 0) is 38.6 Å². The van der Waals surface area contributed by atoms with Crippen LogP contribution < -0.4 is 0 Å². The minimum Gasteiger partial charge on any atom is -0.346 e. The number of aromatic nitrogens is 1. The van der Waals surface area contributed by atoms with Gasteiger partial charge in [-0.1, -0.05) is 6.07 Å². The highest BCUT2D eigenvalue weighted by atomic mass is 32.1. The summed E-state index contributed by atoms with van der Waals surface area (Å²) in [7, 11) is 4.21. The van der Waals surface area contributed by atoms with Crippen molar-refractivity contribution in [1.29, 1.82) is 0 Å². The molecule has 0 aliphatic heterocycles. The zero-order valence-electron chi connectivity index (χ0n) is 9.61. The minimum atomic E-state index is 0.455. The first-order valence-electron chi connectivity index (χ1n) is 5.11. The van der Waals surface area contributed by atoms with Crippen LogP contribution in [0.2, 0.25) is 0 Å². The molecule has 0 spiro atoms. The molecule has 1 unspecified atom stereocenters. The lowest BCUT2D eigenvalue weighted by atomic mass is 10.0. The summed E-state index contributed by atoms with van der Waals surface area (Å²) < 4.78 is 1.29. The zero-order valence-corrected chi connectivity index (χ0v) is 10.4. The summed E-state index contributed by atoms with van der Waals surface area (Å²) in [5.41, 5.74) is 2.48. The molecule has 2 rings (SSSR count). The summed E-state index contributed by atoms with van der Waals surface area (Å²) in [6, 6.07) is 7.00. The molecule has 0 aliphatic rings. The quantitative estimate of drug-likeness (QED) is 0.718. The van der Waals surface area contributed by atoms with Crippen molar-refractivity contribution in [3.05, 3.63) is 28.8 Å². The van der Waals surface area contributed by atoms with Gasteiger partial charge in [0.1, 0.15) is 0 Å². The lowest BCUT2D eigenvalue weighted by Crippen LogP contribution is -2.18. The van der Waals surface area contributed by atoms with Crippen molar-refractivity contribution in [1.82, 2.24) is 9.79 Å². The van der Waals surface area contributed by atoms with Gasteiger partial charge in [0.15, 0.2) is 7.98 Å². The third-order valence-corrected chi connectivity index (χ3v) is 3.71. The van der Waals surface area contributed by atoms with Crippen LogP contribution in [-0.4, -0.2) is 24.8 Å². The van der Waals surface area contributed by atoms with Crippen molar-refractivity contribution in [2.45, 2.75) is 19.9 Å². The van der Waals surface area contributed by atoms with Crippen molar-refractivity contribution in [2.24, 2.45) is 0 Å². The van der Waals surface area contributed by atoms with E-state index in [1.807, 2.05) is 0 Å². The Morgan fingerprint density at radius 2 is 2.20 bits per heavy atom. The van der Waals surface area contributed by atoms with Gasteiger partial charge < -0.3 is 4.81 Å². The number of benzene rings is 1. The Hall–Kier alpha value is -0.865. The molecule has 0 N–H and O–H groups in total. The number of hydrogen-bond donors (Lipinski definition) is 0. The maximum absolute atomic E-state index is 4.46. The molecule has 78 valence electrons. The summed E-state index contributed by atoms with van der Waals surface area (Å²) in [5, 5.41) is 1.14. The van der Waals surface area contributed by atoms with Gasteiger partial charge in [-0.3, -0.25) is 0 Å². The summed E-state index contributed by atoms with van der Waals surface area (Å²) in [4.78, 5) is 6.68. The van der Waals surface area contributed by atoms with Gasteiger partial charge in [-0.25, -0.2) is 4.98 Å². The van der Waals surface area contributed by atoms with Gasteiger partial charge in [-0.15, -0.1) is 11.3 Å². The maximum atomic E-state index is 4.46. The molecular formula is C11H15BN2S. The molecule has 2 aromatic rings. The number of hydrogen-bond acceptors (Lipinski definition) is 3. The Bertz CT molecular complexity index is 478. The first kappa shape index (κ1) is 10.6. The van der Waals surface area contributed by atoms with Crippen LogP contribution in [0.25, 0.3) is 10.2 Å². The predicted octanol–water partition coefficient (Wildman–Crippen LogP) is 2.15. The van der Waals surface area contributed by atoms with Crippen molar-refractivity contribution in [2.75, 3.05) is 7.05 Å². The molecule has 1 atom stereocenters. The molecular weight excluding hydrogens is 203 g/mol. The van der Waals surface area contributed by atoms with E-state index < -0.39 is 0 Å². The Kier molecular flexibility index (Phi) is 2.80. The van der Waals surface area contributed by atoms with Gasteiger partial charge in [0.2, 0.25) is 0 Å². The van der Waals surface area contributed by atoms with Gasteiger partial charge in [0, 0.05) is 6.04 Å². The molecule has 1 aromatic carbocycles. The van der Waals surface area contributed by atoms with Gasteiger partial charge >= 0.3 is 0 Å². The molecule has 1 heterocycles. The smallest absolute Gasteiger partial charge is 0.185 e. The highest BCUT2D eigenvalue weighted by Crippen LogP contribution is 2.26. The SMILES string of the molecule is BN(C)C(C)c1ccc2nc(C)sc2c1. The molecule has 4 heteroatoms. The Labute approximate surface area is 95.4 Å². The number of nitrogens with zero attached hydrogens (tertiary/aromatic N) is 2. The Morgan fingerprint density at radius 1 is 1.47 bits per heavy atom. The minimum absolute atomic E-state index is 0.455. The van der Waals surface area contributed by atoms with E-state index in [9.17, 15) is 0 Å². The number of rotatable bonds is 2. The molecule has 0 fully saturated rings. The lowest BCUT2D eigenvalue weighted by molar-refractivity contribution is 0.436. The Morgan fingerprint density at radius 3 is 2.87 bits per heavy atom. The van der Waals surface area contributed by atoms with Crippen molar-refractivity contribution < 1.29 is 0 Å².